The summed E-state index contributed by atoms with van der Waals surface area (Å²) < 4.78 is 5.18. The van der Waals surface area contributed by atoms with Gasteiger partial charge in [0.1, 0.15) is 0 Å². The Morgan fingerprint density at radius 1 is 1.17 bits per heavy atom. The van der Waals surface area contributed by atoms with Crippen molar-refractivity contribution in [3.63, 3.8) is 0 Å². The van der Waals surface area contributed by atoms with Crippen molar-refractivity contribution >= 4 is 17.0 Å². The number of nitrogen functional groups attached to an aromatic ring is 1. The van der Waals surface area contributed by atoms with Crippen molar-refractivity contribution in [3.05, 3.63) is 48.2 Å². The number of aromatic nitrogens is 1. The average molecular weight is 256 g/mol. The van der Waals surface area contributed by atoms with Crippen LogP contribution in [-0.4, -0.2) is 5.16 Å². The summed E-state index contributed by atoms with van der Waals surface area (Å²) in [6.45, 7) is 2.10. The Balaban J connectivity index is 2.06. The summed E-state index contributed by atoms with van der Waals surface area (Å²) in [7, 11) is 0. The highest BCUT2D eigenvalue weighted by Crippen LogP contribution is 2.37. The van der Waals surface area contributed by atoms with Crippen molar-refractivity contribution in [1.29, 1.82) is 0 Å². The molecule has 0 unspecified atom stereocenters. The molecule has 3 rings (SSSR count). The van der Waals surface area contributed by atoms with Gasteiger partial charge in [-0.25, -0.2) is 0 Å². The summed E-state index contributed by atoms with van der Waals surface area (Å²) in [5.74, 6) is 0.810. The molecule has 2 aromatic heterocycles. The number of benzene rings is 1. The summed E-state index contributed by atoms with van der Waals surface area (Å²) in [6.07, 6.45) is 1.66. The molecule has 0 bridgehead atoms. The molecule has 2 N–H and O–H groups in total. The second kappa shape index (κ2) is 4.31. The normalized spacial score (nSPS) is 10.7. The minimum absolute atomic E-state index is 0.781. The molecule has 0 fully saturated rings. The van der Waals surface area contributed by atoms with Crippen LogP contribution in [0.5, 0.6) is 0 Å². The fourth-order valence-corrected chi connectivity index (χ4v) is 3.00. The Morgan fingerprint density at radius 3 is 2.61 bits per heavy atom. The first-order valence-corrected chi connectivity index (χ1v) is 6.43. The summed E-state index contributed by atoms with van der Waals surface area (Å²) in [5, 5.41) is 3.74. The third-order valence-corrected chi connectivity index (χ3v) is 4.07. The quantitative estimate of drug-likeness (QED) is 0.706. The predicted molar refractivity (Wildman–Crippen MR) is 74.4 cm³/mol. The third kappa shape index (κ3) is 1.91. The molecule has 0 aliphatic carbocycles. The van der Waals surface area contributed by atoms with Crippen molar-refractivity contribution in [3.8, 4) is 21.1 Å². The maximum Gasteiger partial charge on any atom is 0.176 e. The van der Waals surface area contributed by atoms with Crippen molar-refractivity contribution < 1.29 is 4.52 Å². The van der Waals surface area contributed by atoms with Gasteiger partial charge in [-0.05, 0) is 36.2 Å². The van der Waals surface area contributed by atoms with Gasteiger partial charge < -0.3 is 10.3 Å². The lowest BCUT2D eigenvalue weighted by Crippen LogP contribution is -1.83. The SMILES string of the molecule is Cc1cc(-c2ccno2)sc1-c1ccc(N)cc1. The van der Waals surface area contributed by atoms with E-state index in [0.29, 0.717) is 0 Å². The third-order valence-electron chi connectivity index (χ3n) is 2.77. The van der Waals surface area contributed by atoms with E-state index in [2.05, 4.69) is 18.1 Å². The zero-order valence-electron chi connectivity index (χ0n) is 9.88. The first-order chi connectivity index (χ1) is 8.74. The van der Waals surface area contributed by atoms with Crippen molar-refractivity contribution in [2.75, 3.05) is 5.73 Å². The van der Waals surface area contributed by atoms with Gasteiger partial charge in [0, 0.05) is 16.6 Å². The molecule has 0 spiro atoms. The molecule has 0 amide bonds. The number of thiophene rings is 1. The topological polar surface area (TPSA) is 52.0 Å². The molecule has 2 heterocycles. The Kier molecular flexibility index (Phi) is 2.64. The minimum Gasteiger partial charge on any atom is -0.399 e. The molecule has 4 heteroatoms. The number of anilines is 1. The zero-order chi connectivity index (χ0) is 12.5. The van der Waals surface area contributed by atoms with Gasteiger partial charge in [0.05, 0.1) is 11.1 Å². The monoisotopic (exact) mass is 256 g/mol. The van der Waals surface area contributed by atoms with Gasteiger partial charge in [-0.3, -0.25) is 0 Å². The second-order valence-corrected chi connectivity index (χ2v) is 5.17. The second-order valence-electron chi connectivity index (χ2n) is 4.12. The van der Waals surface area contributed by atoms with Crippen LogP contribution in [0.2, 0.25) is 0 Å². The first kappa shape index (κ1) is 11.0. The average Bonchev–Trinajstić information content (AvgIpc) is 2.99. The van der Waals surface area contributed by atoms with E-state index in [1.165, 1.54) is 16.0 Å². The van der Waals surface area contributed by atoms with Crippen LogP contribution in [0.15, 0.2) is 47.1 Å². The largest absolute Gasteiger partial charge is 0.399 e. The zero-order valence-corrected chi connectivity index (χ0v) is 10.7. The fraction of sp³-hybridized carbons (Fsp3) is 0.0714. The van der Waals surface area contributed by atoms with Gasteiger partial charge >= 0.3 is 0 Å². The number of aryl methyl sites for hydroxylation is 1. The number of rotatable bonds is 2. The Morgan fingerprint density at radius 2 is 1.94 bits per heavy atom. The highest BCUT2D eigenvalue weighted by Gasteiger charge is 2.11. The molecule has 1 aromatic carbocycles. The van der Waals surface area contributed by atoms with Crippen molar-refractivity contribution in [2.45, 2.75) is 6.92 Å². The molecule has 3 nitrogen and oxygen atoms in total. The predicted octanol–water partition coefficient (Wildman–Crippen LogP) is 3.96. The van der Waals surface area contributed by atoms with Gasteiger partial charge in [0.2, 0.25) is 0 Å². The molecular weight excluding hydrogens is 244 g/mol. The molecule has 0 saturated heterocycles. The van der Waals surface area contributed by atoms with Gasteiger partial charge in [-0.1, -0.05) is 17.3 Å². The number of hydrogen-bond acceptors (Lipinski definition) is 4. The van der Waals surface area contributed by atoms with Crippen LogP contribution in [0.3, 0.4) is 0 Å². The van der Waals surface area contributed by atoms with Gasteiger partial charge in [0.25, 0.3) is 0 Å². The van der Waals surface area contributed by atoms with Crippen LogP contribution in [0.1, 0.15) is 5.56 Å². The molecule has 18 heavy (non-hydrogen) atoms. The lowest BCUT2D eigenvalue weighted by atomic mass is 10.1. The first-order valence-electron chi connectivity index (χ1n) is 5.61. The smallest absolute Gasteiger partial charge is 0.176 e. The lowest BCUT2D eigenvalue weighted by Gasteiger charge is -1.99. The minimum atomic E-state index is 0.781. The standard InChI is InChI=1S/C14H12N2OS/c1-9-8-13(12-6-7-16-17-12)18-14(9)10-2-4-11(15)5-3-10/h2-8H,15H2,1H3. The van der Waals surface area contributed by atoms with Crippen LogP contribution >= 0.6 is 11.3 Å². The molecule has 0 radical (unpaired) electrons. The van der Waals surface area contributed by atoms with Crippen LogP contribution in [0, 0.1) is 6.92 Å². The van der Waals surface area contributed by atoms with E-state index in [4.69, 9.17) is 10.3 Å². The van der Waals surface area contributed by atoms with Gasteiger partial charge in [0.15, 0.2) is 5.76 Å². The van der Waals surface area contributed by atoms with E-state index >= 15 is 0 Å². The highest BCUT2D eigenvalue weighted by molar-refractivity contribution is 7.19. The van der Waals surface area contributed by atoms with E-state index in [9.17, 15) is 0 Å². The van der Waals surface area contributed by atoms with E-state index in [1.54, 1.807) is 17.5 Å². The molecule has 0 saturated carbocycles. The molecule has 0 aliphatic rings. The summed E-state index contributed by atoms with van der Waals surface area (Å²) >= 11 is 1.70. The number of nitrogens with two attached hydrogens (primary N) is 1. The van der Waals surface area contributed by atoms with Gasteiger partial charge in [-0.2, -0.15) is 0 Å². The van der Waals surface area contributed by atoms with Crippen LogP contribution in [-0.2, 0) is 0 Å². The van der Waals surface area contributed by atoms with E-state index < -0.39 is 0 Å². The molecule has 3 aromatic rings. The molecule has 0 atom stereocenters. The molecule has 0 aliphatic heterocycles. The summed E-state index contributed by atoms with van der Waals surface area (Å²) in [5.41, 5.74) is 8.90. The van der Waals surface area contributed by atoms with E-state index in [1.807, 2.05) is 30.3 Å². The fourth-order valence-electron chi connectivity index (χ4n) is 1.87. The van der Waals surface area contributed by atoms with Crippen LogP contribution in [0.4, 0.5) is 5.69 Å². The summed E-state index contributed by atoms with van der Waals surface area (Å²) in [6, 6.07) is 11.9. The lowest BCUT2D eigenvalue weighted by molar-refractivity contribution is 0.433. The summed E-state index contributed by atoms with van der Waals surface area (Å²) in [4.78, 5) is 2.33. The van der Waals surface area contributed by atoms with E-state index in [-0.39, 0.29) is 0 Å². The van der Waals surface area contributed by atoms with Crippen LogP contribution < -0.4 is 5.73 Å². The van der Waals surface area contributed by atoms with Gasteiger partial charge in [-0.15, -0.1) is 11.3 Å². The number of hydrogen-bond donors (Lipinski definition) is 1. The maximum absolute atomic E-state index is 5.71. The van der Waals surface area contributed by atoms with Crippen molar-refractivity contribution in [2.24, 2.45) is 0 Å². The molecule has 90 valence electrons. The Labute approximate surface area is 109 Å². The Bertz CT molecular complexity index is 654. The molecular formula is C14H12N2OS. The number of nitrogens with zero attached hydrogens (tertiary/aromatic N) is 1. The van der Waals surface area contributed by atoms with E-state index in [0.717, 1.165) is 16.3 Å². The van der Waals surface area contributed by atoms with Crippen LogP contribution in [0.25, 0.3) is 21.1 Å². The van der Waals surface area contributed by atoms with Crippen molar-refractivity contribution in [1.82, 2.24) is 5.16 Å². The maximum atomic E-state index is 5.71. The highest BCUT2D eigenvalue weighted by atomic mass is 32.1. The Hall–Kier alpha value is -2.07.